The van der Waals surface area contributed by atoms with Gasteiger partial charge in [-0.15, -0.1) is 0 Å². The SMILES string of the molecule is Cc1cc(C)c(OCC(O)C[N+](C)(C)Cc2cc(C)ccc2C)c(C)c1. The number of hydrogen-bond donors (Lipinski definition) is 1. The highest BCUT2D eigenvalue weighted by atomic mass is 16.5. The summed E-state index contributed by atoms with van der Waals surface area (Å²) < 4.78 is 6.69. The van der Waals surface area contributed by atoms with E-state index < -0.39 is 6.10 Å². The number of hydrogen-bond acceptors (Lipinski definition) is 2. The molecule has 2 rings (SSSR count). The first-order valence-electron chi connectivity index (χ1n) is 9.34. The first-order chi connectivity index (χ1) is 12.1. The molecule has 2 aromatic rings. The second-order valence-electron chi connectivity index (χ2n) is 8.40. The van der Waals surface area contributed by atoms with Gasteiger partial charge in [-0.3, -0.25) is 0 Å². The predicted octanol–water partition coefficient (Wildman–Crippen LogP) is 4.25. The number of rotatable bonds is 7. The molecule has 0 spiro atoms. The van der Waals surface area contributed by atoms with E-state index in [1.165, 1.54) is 22.3 Å². The molecule has 0 saturated carbocycles. The van der Waals surface area contributed by atoms with Crippen LogP contribution >= 0.6 is 0 Å². The molecule has 2 aromatic carbocycles. The lowest BCUT2D eigenvalue weighted by Crippen LogP contribution is -2.46. The molecule has 0 amide bonds. The molecule has 0 aliphatic rings. The lowest BCUT2D eigenvalue weighted by Gasteiger charge is -2.32. The van der Waals surface area contributed by atoms with Gasteiger partial charge in [0.05, 0.1) is 14.1 Å². The van der Waals surface area contributed by atoms with Gasteiger partial charge in [-0.1, -0.05) is 41.5 Å². The number of nitrogens with zero attached hydrogens (tertiary/aromatic N) is 1. The summed E-state index contributed by atoms with van der Waals surface area (Å²) in [6.45, 7) is 12.3. The number of aliphatic hydroxyl groups excluding tert-OH is 1. The molecule has 0 aliphatic carbocycles. The summed E-state index contributed by atoms with van der Waals surface area (Å²) in [6.07, 6.45) is -0.504. The van der Waals surface area contributed by atoms with Crippen molar-refractivity contribution < 1.29 is 14.3 Å². The smallest absolute Gasteiger partial charge is 0.137 e. The zero-order valence-electron chi connectivity index (χ0n) is 17.4. The van der Waals surface area contributed by atoms with Crippen LogP contribution in [0, 0.1) is 34.6 Å². The highest BCUT2D eigenvalue weighted by molar-refractivity contribution is 5.42. The Morgan fingerprint density at radius 1 is 0.885 bits per heavy atom. The Labute approximate surface area is 158 Å². The molecule has 1 unspecified atom stereocenters. The molecule has 3 heteroatoms. The quantitative estimate of drug-likeness (QED) is 0.752. The van der Waals surface area contributed by atoms with E-state index in [0.29, 0.717) is 13.2 Å². The summed E-state index contributed by atoms with van der Waals surface area (Å²) in [7, 11) is 4.32. The van der Waals surface area contributed by atoms with Crippen molar-refractivity contribution in [1.29, 1.82) is 0 Å². The number of likely N-dealkylation sites (N-methyl/N-ethyl adjacent to an activating group) is 1. The molecule has 0 aliphatic heterocycles. The van der Waals surface area contributed by atoms with E-state index in [-0.39, 0.29) is 0 Å². The zero-order valence-corrected chi connectivity index (χ0v) is 17.4. The van der Waals surface area contributed by atoms with E-state index in [0.717, 1.165) is 27.9 Å². The Morgan fingerprint density at radius 2 is 1.50 bits per heavy atom. The van der Waals surface area contributed by atoms with E-state index in [4.69, 9.17) is 4.74 Å². The van der Waals surface area contributed by atoms with Crippen LogP contribution in [-0.2, 0) is 6.54 Å². The monoisotopic (exact) mass is 356 g/mol. The van der Waals surface area contributed by atoms with Crippen LogP contribution in [0.5, 0.6) is 5.75 Å². The third-order valence-electron chi connectivity index (χ3n) is 4.83. The molecule has 0 fully saturated rings. The van der Waals surface area contributed by atoms with E-state index in [2.05, 4.69) is 79.0 Å². The molecule has 0 saturated heterocycles. The molecule has 1 atom stereocenters. The van der Waals surface area contributed by atoms with Crippen LogP contribution in [0.2, 0.25) is 0 Å². The van der Waals surface area contributed by atoms with Gasteiger partial charge in [0, 0.05) is 5.56 Å². The van der Waals surface area contributed by atoms with Crippen molar-refractivity contribution in [3.63, 3.8) is 0 Å². The molecule has 1 N–H and O–H groups in total. The van der Waals surface area contributed by atoms with Crippen LogP contribution in [-0.4, -0.2) is 42.9 Å². The van der Waals surface area contributed by atoms with Crippen LogP contribution in [0.3, 0.4) is 0 Å². The van der Waals surface area contributed by atoms with Gasteiger partial charge in [-0.25, -0.2) is 0 Å². The minimum Gasteiger partial charge on any atom is -0.490 e. The lowest BCUT2D eigenvalue weighted by molar-refractivity contribution is -0.906. The van der Waals surface area contributed by atoms with Crippen molar-refractivity contribution >= 4 is 0 Å². The van der Waals surface area contributed by atoms with Gasteiger partial charge in [-0.2, -0.15) is 0 Å². The van der Waals surface area contributed by atoms with E-state index in [9.17, 15) is 5.11 Å². The molecule has 26 heavy (non-hydrogen) atoms. The summed E-state index contributed by atoms with van der Waals surface area (Å²) in [5.74, 6) is 0.898. The highest BCUT2D eigenvalue weighted by Crippen LogP contribution is 2.25. The van der Waals surface area contributed by atoms with Crippen LogP contribution < -0.4 is 4.74 Å². The van der Waals surface area contributed by atoms with Crippen molar-refractivity contribution in [2.45, 2.75) is 47.3 Å². The Bertz CT molecular complexity index is 742. The lowest BCUT2D eigenvalue weighted by atomic mass is 10.0. The standard InChI is InChI=1S/C23H34NO2/c1-16-8-9-18(3)21(12-16)13-24(6,7)14-22(25)15-26-23-19(4)10-17(2)11-20(23)5/h8-12,22,25H,13-15H2,1-7H3/q+1. The number of aryl methyl sites for hydroxylation is 5. The van der Waals surface area contributed by atoms with Crippen molar-refractivity contribution in [1.82, 2.24) is 0 Å². The predicted molar refractivity (Wildman–Crippen MR) is 109 cm³/mol. The zero-order chi connectivity index (χ0) is 19.5. The first kappa shape index (κ1) is 20.5. The van der Waals surface area contributed by atoms with Gasteiger partial charge in [0.2, 0.25) is 0 Å². The van der Waals surface area contributed by atoms with Gasteiger partial charge in [0.25, 0.3) is 0 Å². The summed E-state index contributed by atoms with van der Waals surface area (Å²) in [4.78, 5) is 0. The second-order valence-corrected chi connectivity index (χ2v) is 8.40. The fourth-order valence-corrected chi connectivity index (χ4v) is 3.69. The Morgan fingerprint density at radius 3 is 2.12 bits per heavy atom. The van der Waals surface area contributed by atoms with Crippen LogP contribution in [0.4, 0.5) is 0 Å². The third-order valence-corrected chi connectivity index (χ3v) is 4.83. The average molecular weight is 357 g/mol. The normalized spacial score (nSPS) is 12.9. The minimum atomic E-state index is -0.504. The van der Waals surface area contributed by atoms with Gasteiger partial charge in [0.1, 0.15) is 31.5 Å². The van der Waals surface area contributed by atoms with E-state index in [1.807, 2.05) is 0 Å². The maximum absolute atomic E-state index is 10.5. The molecule has 0 aromatic heterocycles. The molecule has 0 heterocycles. The Kier molecular flexibility index (Phi) is 6.48. The number of quaternary nitrogens is 1. The van der Waals surface area contributed by atoms with Gasteiger partial charge in [0.15, 0.2) is 0 Å². The van der Waals surface area contributed by atoms with Crippen molar-refractivity contribution in [3.8, 4) is 5.75 Å². The summed E-state index contributed by atoms with van der Waals surface area (Å²) >= 11 is 0. The number of ether oxygens (including phenoxy) is 1. The fraction of sp³-hybridized carbons (Fsp3) is 0.478. The summed E-state index contributed by atoms with van der Waals surface area (Å²) in [5.41, 5.74) is 7.41. The molecule has 142 valence electrons. The van der Waals surface area contributed by atoms with Crippen molar-refractivity contribution in [2.75, 3.05) is 27.2 Å². The van der Waals surface area contributed by atoms with Crippen molar-refractivity contribution in [2.24, 2.45) is 0 Å². The molecular weight excluding hydrogens is 322 g/mol. The fourth-order valence-electron chi connectivity index (χ4n) is 3.69. The van der Waals surface area contributed by atoms with Crippen molar-refractivity contribution in [3.05, 3.63) is 63.7 Å². The average Bonchev–Trinajstić information content (AvgIpc) is 2.49. The van der Waals surface area contributed by atoms with Crippen LogP contribution in [0.25, 0.3) is 0 Å². The van der Waals surface area contributed by atoms with Gasteiger partial charge < -0.3 is 14.3 Å². The Hall–Kier alpha value is -1.84. The van der Waals surface area contributed by atoms with Gasteiger partial charge >= 0.3 is 0 Å². The maximum atomic E-state index is 10.5. The van der Waals surface area contributed by atoms with Crippen LogP contribution in [0.1, 0.15) is 33.4 Å². The topological polar surface area (TPSA) is 29.5 Å². The largest absolute Gasteiger partial charge is 0.490 e. The molecule has 0 radical (unpaired) electrons. The summed E-state index contributed by atoms with van der Waals surface area (Å²) in [6, 6.07) is 10.8. The minimum absolute atomic E-state index is 0.319. The molecule has 3 nitrogen and oxygen atoms in total. The highest BCUT2D eigenvalue weighted by Gasteiger charge is 2.23. The first-order valence-corrected chi connectivity index (χ1v) is 9.34. The maximum Gasteiger partial charge on any atom is 0.137 e. The second kappa shape index (κ2) is 8.24. The van der Waals surface area contributed by atoms with Crippen LogP contribution in [0.15, 0.2) is 30.3 Å². The number of benzene rings is 2. The molecule has 0 bridgehead atoms. The Balaban J connectivity index is 1.98. The number of aliphatic hydroxyl groups is 1. The summed E-state index contributed by atoms with van der Waals surface area (Å²) in [5, 5.41) is 10.5. The van der Waals surface area contributed by atoms with E-state index >= 15 is 0 Å². The third kappa shape index (κ3) is 5.58. The van der Waals surface area contributed by atoms with Gasteiger partial charge in [-0.05, 0) is 51.3 Å². The van der Waals surface area contributed by atoms with E-state index in [1.54, 1.807) is 0 Å². The molecular formula is C23H34NO2+.